The molecule has 0 amide bonds. The molecule has 0 saturated carbocycles. The fourth-order valence-corrected chi connectivity index (χ4v) is 2.51. The number of rotatable bonds is 2. The SMILES string of the molecule is C[C@H](c1ccc2c(c1)OC(F)(F)O2)N1CCNCC1.Cl. The smallest absolute Gasteiger partial charge is 0.395 e. The standard InChI is InChI=1S/C13H16F2N2O2.ClH/c1-9(17-6-4-16-5-7-17)10-2-3-11-12(8-10)19-13(14,15)18-11;/h2-3,8-9,16H,4-7H2,1H3;1H/t9-;/m1./s1. The van der Waals surface area contributed by atoms with Crippen LogP contribution in [0, 0.1) is 0 Å². The molecule has 0 radical (unpaired) electrons. The molecule has 1 saturated heterocycles. The van der Waals surface area contributed by atoms with E-state index in [1.807, 2.05) is 6.07 Å². The monoisotopic (exact) mass is 306 g/mol. The Morgan fingerprint density at radius 2 is 1.85 bits per heavy atom. The highest BCUT2D eigenvalue weighted by molar-refractivity contribution is 5.85. The van der Waals surface area contributed by atoms with E-state index >= 15 is 0 Å². The van der Waals surface area contributed by atoms with Crippen molar-refractivity contribution in [3.8, 4) is 11.5 Å². The summed E-state index contributed by atoms with van der Waals surface area (Å²) in [5.41, 5.74) is 0.960. The van der Waals surface area contributed by atoms with E-state index in [4.69, 9.17) is 0 Å². The van der Waals surface area contributed by atoms with Crippen molar-refractivity contribution >= 4 is 12.4 Å². The van der Waals surface area contributed by atoms with Crippen molar-refractivity contribution in [3.05, 3.63) is 23.8 Å². The van der Waals surface area contributed by atoms with Crippen LogP contribution in [0.15, 0.2) is 18.2 Å². The Morgan fingerprint density at radius 1 is 1.20 bits per heavy atom. The summed E-state index contributed by atoms with van der Waals surface area (Å²) in [7, 11) is 0. The van der Waals surface area contributed by atoms with Gasteiger partial charge in [-0.2, -0.15) is 0 Å². The van der Waals surface area contributed by atoms with Gasteiger partial charge >= 0.3 is 6.29 Å². The van der Waals surface area contributed by atoms with Gasteiger partial charge in [0.05, 0.1) is 0 Å². The number of benzene rings is 1. The lowest BCUT2D eigenvalue weighted by Gasteiger charge is -2.33. The molecule has 1 atom stereocenters. The molecule has 4 nitrogen and oxygen atoms in total. The molecule has 112 valence electrons. The molecule has 0 unspecified atom stereocenters. The van der Waals surface area contributed by atoms with Gasteiger partial charge in [0, 0.05) is 32.2 Å². The molecule has 0 bridgehead atoms. The van der Waals surface area contributed by atoms with E-state index in [0.29, 0.717) is 0 Å². The minimum Gasteiger partial charge on any atom is -0.395 e. The zero-order valence-corrected chi connectivity index (χ0v) is 11.9. The van der Waals surface area contributed by atoms with Gasteiger partial charge < -0.3 is 14.8 Å². The van der Waals surface area contributed by atoms with E-state index in [0.717, 1.165) is 31.7 Å². The number of fused-ring (bicyclic) bond motifs is 1. The molecule has 0 aromatic heterocycles. The van der Waals surface area contributed by atoms with Crippen LogP contribution in [-0.4, -0.2) is 37.4 Å². The minimum absolute atomic E-state index is 0. The summed E-state index contributed by atoms with van der Waals surface area (Å²) in [5.74, 6) is 0.214. The number of hydrogen-bond donors (Lipinski definition) is 1. The maximum Gasteiger partial charge on any atom is 0.586 e. The topological polar surface area (TPSA) is 33.7 Å². The second-order valence-corrected chi connectivity index (χ2v) is 4.84. The van der Waals surface area contributed by atoms with Gasteiger partial charge in [0.25, 0.3) is 0 Å². The van der Waals surface area contributed by atoms with Crippen LogP contribution in [0.25, 0.3) is 0 Å². The zero-order chi connectivity index (χ0) is 13.5. The predicted molar refractivity (Wildman–Crippen MR) is 72.8 cm³/mol. The maximum absolute atomic E-state index is 13.0. The number of nitrogens with zero attached hydrogens (tertiary/aromatic N) is 1. The fraction of sp³-hybridized carbons (Fsp3) is 0.538. The van der Waals surface area contributed by atoms with Gasteiger partial charge in [-0.05, 0) is 24.6 Å². The first kappa shape index (κ1) is 15.3. The quantitative estimate of drug-likeness (QED) is 0.910. The van der Waals surface area contributed by atoms with Crippen molar-refractivity contribution in [2.45, 2.75) is 19.3 Å². The Bertz CT molecular complexity index is 481. The molecule has 7 heteroatoms. The number of hydrogen-bond acceptors (Lipinski definition) is 4. The van der Waals surface area contributed by atoms with Crippen molar-refractivity contribution < 1.29 is 18.3 Å². The Kier molecular flexibility index (Phi) is 4.36. The van der Waals surface area contributed by atoms with E-state index in [-0.39, 0.29) is 29.9 Å². The van der Waals surface area contributed by atoms with Crippen LogP contribution >= 0.6 is 12.4 Å². The summed E-state index contributed by atoms with van der Waals surface area (Å²) in [4.78, 5) is 2.31. The lowest BCUT2D eigenvalue weighted by molar-refractivity contribution is -0.286. The lowest BCUT2D eigenvalue weighted by Crippen LogP contribution is -2.44. The number of halogens is 3. The van der Waals surface area contributed by atoms with Crippen LogP contribution in [-0.2, 0) is 0 Å². The van der Waals surface area contributed by atoms with Gasteiger partial charge in [0.2, 0.25) is 0 Å². The van der Waals surface area contributed by atoms with Crippen LogP contribution in [0.4, 0.5) is 8.78 Å². The molecule has 1 N–H and O–H groups in total. The van der Waals surface area contributed by atoms with Crippen LogP contribution in [0.2, 0.25) is 0 Å². The van der Waals surface area contributed by atoms with Crippen molar-refractivity contribution in [3.63, 3.8) is 0 Å². The predicted octanol–water partition coefficient (Wildman–Crippen LogP) is 2.40. The van der Waals surface area contributed by atoms with Crippen LogP contribution in [0.1, 0.15) is 18.5 Å². The second-order valence-electron chi connectivity index (χ2n) is 4.84. The third-order valence-electron chi connectivity index (χ3n) is 3.61. The van der Waals surface area contributed by atoms with Crippen LogP contribution in [0.5, 0.6) is 11.5 Å². The molecule has 1 aromatic carbocycles. The summed E-state index contributed by atoms with van der Waals surface area (Å²) >= 11 is 0. The Balaban J connectivity index is 0.00000147. The zero-order valence-electron chi connectivity index (χ0n) is 11.1. The van der Waals surface area contributed by atoms with Gasteiger partial charge in [-0.1, -0.05) is 6.07 Å². The average Bonchev–Trinajstić information content (AvgIpc) is 2.71. The highest BCUT2D eigenvalue weighted by atomic mass is 35.5. The molecule has 0 aliphatic carbocycles. The molecule has 0 spiro atoms. The lowest BCUT2D eigenvalue weighted by atomic mass is 10.1. The van der Waals surface area contributed by atoms with Crippen LogP contribution in [0.3, 0.4) is 0 Å². The van der Waals surface area contributed by atoms with Gasteiger partial charge in [0.15, 0.2) is 11.5 Å². The number of ether oxygens (including phenoxy) is 2. The Labute approximate surface area is 122 Å². The van der Waals surface area contributed by atoms with Gasteiger partial charge in [-0.15, -0.1) is 21.2 Å². The largest absolute Gasteiger partial charge is 0.586 e. The third-order valence-corrected chi connectivity index (χ3v) is 3.61. The first-order valence-electron chi connectivity index (χ1n) is 6.40. The average molecular weight is 307 g/mol. The Morgan fingerprint density at radius 3 is 2.55 bits per heavy atom. The minimum atomic E-state index is -3.54. The van der Waals surface area contributed by atoms with Gasteiger partial charge in [-0.3, -0.25) is 4.90 Å². The van der Waals surface area contributed by atoms with E-state index in [2.05, 4.69) is 26.6 Å². The van der Waals surface area contributed by atoms with Crippen molar-refractivity contribution in [2.24, 2.45) is 0 Å². The molecule has 1 fully saturated rings. The summed E-state index contributed by atoms with van der Waals surface area (Å²) in [6, 6.07) is 5.17. The summed E-state index contributed by atoms with van der Waals surface area (Å²) in [6.45, 7) is 5.87. The highest BCUT2D eigenvalue weighted by Gasteiger charge is 2.43. The molecule has 1 aromatic rings. The van der Waals surface area contributed by atoms with Crippen molar-refractivity contribution in [1.29, 1.82) is 0 Å². The van der Waals surface area contributed by atoms with E-state index < -0.39 is 6.29 Å². The van der Waals surface area contributed by atoms with Crippen LogP contribution < -0.4 is 14.8 Å². The molecule has 2 aliphatic rings. The van der Waals surface area contributed by atoms with Gasteiger partial charge in [-0.25, -0.2) is 0 Å². The van der Waals surface area contributed by atoms with E-state index in [9.17, 15) is 8.78 Å². The van der Waals surface area contributed by atoms with E-state index in [1.54, 1.807) is 12.1 Å². The summed E-state index contributed by atoms with van der Waals surface area (Å²) < 4.78 is 34.8. The number of piperazine rings is 1. The second kappa shape index (κ2) is 5.71. The first-order valence-corrected chi connectivity index (χ1v) is 6.40. The molecule has 3 rings (SSSR count). The molecule has 2 aliphatic heterocycles. The third kappa shape index (κ3) is 2.97. The highest BCUT2D eigenvalue weighted by Crippen LogP contribution is 2.42. The molecule has 2 heterocycles. The summed E-state index contributed by atoms with van der Waals surface area (Å²) in [6.07, 6.45) is -3.54. The fourth-order valence-electron chi connectivity index (χ4n) is 2.51. The summed E-state index contributed by atoms with van der Waals surface area (Å²) in [5, 5.41) is 3.29. The van der Waals surface area contributed by atoms with Gasteiger partial charge in [0.1, 0.15) is 0 Å². The molecular formula is C13H17ClF2N2O2. The van der Waals surface area contributed by atoms with E-state index in [1.165, 1.54) is 0 Å². The van der Waals surface area contributed by atoms with Crippen molar-refractivity contribution in [1.82, 2.24) is 10.2 Å². The molecule has 20 heavy (non-hydrogen) atoms. The maximum atomic E-state index is 13.0. The first-order chi connectivity index (χ1) is 9.05. The Hall–Kier alpha value is -1.11. The normalized spacial score (nSPS) is 22.1. The van der Waals surface area contributed by atoms with Crippen molar-refractivity contribution in [2.75, 3.05) is 26.2 Å². The number of nitrogens with one attached hydrogen (secondary N) is 1. The number of alkyl halides is 2. The molecular weight excluding hydrogens is 290 g/mol.